The highest BCUT2D eigenvalue weighted by Gasteiger charge is 2.25. The van der Waals surface area contributed by atoms with Crippen molar-refractivity contribution in [2.45, 2.75) is 13.1 Å². The van der Waals surface area contributed by atoms with E-state index in [9.17, 15) is 24.3 Å². The number of carboxylic acid groups (broad SMARTS) is 1. The van der Waals surface area contributed by atoms with Gasteiger partial charge in [-0.2, -0.15) is 0 Å². The lowest BCUT2D eigenvalue weighted by atomic mass is 10.1. The van der Waals surface area contributed by atoms with Crippen LogP contribution < -0.4 is 16.2 Å². The van der Waals surface area contributed by atoms with Gasteiger partial charge in [-0.15, -0.1) is 0 Å². The molecule has 0 saturated carbocycles. The van der Waals surface area contributed by atoms with Gasteiger partial charge < -0.3 is 25.4 Å². The number of pyridine rings is 1. The van der Waals surface area contributed by atoms with E-state index in [0.29, 0.717) is 21.2 Å². The molecule has 0 spiro atoms. The molecule has 0 aliphatic carbocycles. The van der Waals surface area contributed by atoms with Crippen LogP contribution in [0.2, 0.25) is 10.0 Å². The monoisotopic (exact) mass is 581 g/mol. The summed E-state index contributed by atoms with van der Waals surface area (Å²) < 4.78 is 1.91. The van der Waals surface area contributed by atoms with Crippen LogP contribution in [0.25, 0.3) is 0 Å². The molecule has 35 heavy (non-hydrogen) atoms. The number of rotatable bonds is 8. The molecule has 0 aliphatic rings. The third-order valence-electron chi connectivity index (χ3n) is 4.83. The average Bonchev–Trinajstić information content (AvgIpc) is 2.81. The Morgan fingerprint density at radius 1 is 0.943 bits per heavy atom. The van der Waals surface area contributed by atoms with Crippen LogP contribution in [-0.4, -0.2) is 39.1 Å². The summed E-state index contributed by atoms with van der Waals surface area (Å²) in [5.74, 6) is -4.11. The summed E-state index contributed by atoms with van der Waals surface area (Å²) in [6, 6.07) is 11.7. The molecular formula is C23H18BrCl2N3O6. The molecule has 0 saturated heterocycles. The van der Waals surface area contributed by atoms with E-state index < -0.39 is 41.2 Å². The molecule has 2 aromatic carbocycles. The van der Waals surface area contributed by atoms with Gasteiger partial charge in [-0.05, 0) is 35.4 Å². The fourth-order valence-electron chi connectivity index (χ4n) is 3.10. The van der Waals surface area contributed by atoms with E-state index >= 15 is 0 Å². The highest BCUT2D eigenvalue weighted by atomic mass is 79.9. The van der Waals surface area contributed by atoms with Crippen LogP contribution in [0.1, 0.15) is 31.8 Å². The number of nitrogens with one attached hydrogen (secondary N) is 2. The summed E-state index contributed by atoms with van der Waals surface area (Å²) in [5.41, 5.74) is -0.683. The van der Waals surface area contributed by atoms with E-state index in [1.807, 2.05) is 5.32 Å². The molecular weight excluding hydrogens is 565 g/mol. The molecule has 9 nitrogen and oxygen atoms in total. The molecule has 1 heterocycles. The molecule has 3 rings (SSSR count). The quantitative estimate of drug-likeness (QED) is 0.321. The molecule has 0 fully saturated rings. The van der Waals surface area contributed by atoms with Crippen molar-refractivity contribution in [1.29, 1.82) is 0 Å². The molecule has 1 aromatic heterocycles. The highest BCUT2D eigenvalue weighted by Crippen LogP contribution is 2.23. The normalized spacial score (nSPS) is 10.6. The minimum atomic E-state index is -1.34. The molecule has 0 atom stereocenters. The Hall–Kier alpha value is -3.34. The van der Waals surface area contributed by atoms with Crippen LogP contribution in [0.3, 0.4) is 0 Å². The number of hydrogen-bond acceptors (Lipinski definition) is 5. The second-order valence-corrected chi connectivity index (χ2v) is 9.06. The van der Waals surface area contributed by atoms with Crippen molar-refractivity contribution >= 4 is 56.9 Å². The summed E-state index contributed by atoms with van der Waals surface area (Å²) in [6.07, 6.45) is 1.14. The van der Waals surface area contributed by atoms with Gasteiger partial charge in [0.15, 0.2) is 0 Å². The molecule has 4 N–H and O–H groups in total. The zero-order chi connectivity index (χ0) is 25.7. The number of aromatic hydroxyl groups is 1. The number of amides is 2. The van der Waals surface area contributed by atoms with Crippen LogP contribution >= 0.6 is 39.1 Å². The SMILES string of the molecule is O=C(O)CNC(=O)c1c(O)c(C(=O)NCc2ccc(Cl)c(Cl)c2)cn(Cc2ccc(Br)cc2)c1=O. The maximum absolute atomic E-state index is 13.0. The van der Waals surface area contributed by atoms with Crippen LogP contribution in [0.5, 0.6) is 5.75 Å². The third-order valence-corrected chi connectivity index (χ3v) is 6.09. The number of carbonyl (C=O) groups excluding carboxylic acids is 2. The second kappa shape index (κ2) is 11.4. The Bertz CT molecular complexity index is 1360. The van der Waals surface area contributed by atoms with Crippen LogP contribution in [0.4, 0.5) is 0 Å². The van der Waals surface area contributed by atoms with Gasteiger partial charge >= 0.3 is 5.97 Å². The van der Waals surface area contributed by atoms with Crippen molar-refractivity contribution in [3.63, 3.8) is 0 Å². The number of halogens is 3. The first-order chi connectivity index (χ1) is 16.6. The maximum atomic E-state index is 13.0. The van der Waals surface area contributed by atoms with Crippen LogP contribution in [0, 0.1) is 0 Å². The molecule has 12 heteroatoms. The third kappa shape index (κ3) is 6.62. The number of aliphatic carboxylic acids is 1. The first-order valence-corrected chi connectivity index (χ1v) is 11.5. The van der Waals surface area contributed by atoms with Gasteiger partial charge in [0, 0.05) is 17.2 Å². The smallest absolute Gasteiger partial charge is 0.322 e. The topological polar surface area (TPSA) is 138 Å². The van der Waals surface area contributed by atoms with Crippen LogP contribution in [0.15, 0.2) is 57.9 Å². The standard InChI is InChI=1S/C23H18BrCl2N3O6/c24-14-4-1-12(2-5-14)10-29-11-15(20(32)19(23(29)35)22(34)28-9-18(30)31)21(33)27-8-13-3-6-16(25)17(26)7-13/h1-7,11,32H,8-10H2,(H,27,33)(H,28,34)(H,30,31). The van der Waals surface area contributed by atoms with Gasteiger partial charge in [-0.3, -0.25) is 19.2 Å². The molecule has 0 radical (unpaired) electrons. The van der Waals surface area contributed by atoms with Crippen molar-refractivity contribution in [3.8, 4) is 5.75 Å². The molecule has 0 unspecified atom stereocenters. The fraction of sp³-hybridized carbons (Fsp3) is 0.130. The Morgan fingerprint density at radius 2 is 1.60 bits per heavy atom. The largest absolute Gasteiger partial charge is 0.506 e. The predicted octanol–water partition coefficient (Wildman–Crippen LogP) is 3.42. The Labute approximate surface area is 217 Å². The summed E-state index contributed by atoms with van der Waals surface area (Å²) in [6.45, 7) is -0.779. The summed E-state index contributed by atoms with van der Waals surface area (Å²) in [5, 5.41) is 24.7. The van der Waals surface area contributed by atoms with E-state index in [1.165, 1.54) is 0 Å². The molecule has 0 bridgehead atoms. The van der Waals surface area contributed by atoms with Crippen molar-refractivity contribution in [2.24, 2.45) is 0 Å². The summed E-state index contributed by atoms with van der Waals surface area (Å²) in [7, 11) is 0. The molecule has 3 aromatic rings. The number of carboxylic acids is 1. The minimum Gasteiger partial charge on any atom is -0.506 e. The van der Waals surface area contributed by atoms with Gasteiger partial charge in [0.2, 0.25) is 0 Å². The first-order valence-electron chi connectivity index (χ1n) is 9.99. The highest BCUT2D eigenvalue weighted by molar-refractivity contribution is 9.10. The second-order valence-electron chi connectivity index (χ2n) is 7.33. The zero-order valence-electron chi connectivity index (χ0n) is 17.8. The molecule has 182 valence electrons. The van der Waals surface area contributed by atoms with Crippen molar-refractivity contribution < 1.29 is 24.6 Å². The average molecular weight is 583 g/mol. The zero-order valence-corrected chi connectivity index (χ0v) is 20.9. The maximum Gasteiger partial charge on any atom is 0.322 e. The Balaban J connectivity index is 1.98. The molecule has 2 amide bonds. The van der Waals surface area contributed by atoms with Crippen LogP contribution in [-0.2, 0) is 17.9 Å². The minimum absolute atomic E-state index is 0.0152. The van der Waals surface area contributed by atoms with Gasteiger partial charge in [0.1, 0.15) is 17.9 Å². The number of benzene rings is 2. The lowest BCUT2D eigenvalue weighted by molar-refractivity contribution is -0.135. The summed E-state index contributed by atoms with van der Waals surface area (Å²) >= 11 is 15.2. The van der Waals surface area contributed by atoms with Crippen molar-refractivity contribution in [2.75, 3.05) is 6.54 Å². The lowest BCUT2D eigenvalue weighted by Gasteiger charge is -2.15. The summed E-state index contributed by atoms with van der Waals surface area (Å²) in [4.78, 5) is 49.3. The number of aromatic nitrogens is 1. The van der Waals surface area contributed by atoms with Crippen molar-refractivity contribution in [3.05, 3.63) is 95.8 Å². The number of hydrogen-bond donors (Lipinski definition) is 4. The lowest BCUT2D eigenvalue weighted by Crippen LogP contribution is -2.37. The first kappa shape index (κ1) is 26.3. The van der Waals surface area contributed by atoms with Gasteiger partial charge in [-0.1, -0.05) is 57.3 Å². The van der Waals surface area contributed by atoms with Gasteiger partial charge in [-0.25, -0.2) is 0 Å². The number of nitrogens with zero attached hydrogens (tertiary/aromatic N) is 1. The van der Waals surface area contributed by atoms with E-state index in [-0.39, 0.29) is 18.7 Å². The predicted molar refractivity (Wildman–Crippen MR) is 133 cm³/mol. The Morgan fingerprint density at radius 3 is 2.23 bits per heavy atom. The van der Waals surface area contributed by atoms with E-state index in [4.69, 9.17) is 28.3 Å². The fourth-order valence-corrected chi connectivity index (χ4v) is 3.69. The van der Waals surface area contributed by atoms with E-state index in [1.54, 1.807) is 42.5 Å². The van der Waals surface area contributed by atoms with Gasteiger partial charge in [0.25, 0.3) is 17.4 Å². The molecule has 0 aliphatic heterocycles. The number of carbonyl (C=O) groups is 3. The Kier molecular flexibility index (Phi) is 8.55. The van der Waals surface area contributed by atoms with E-state index in [0.717, 1.165) is 15.2 Å². The van der Waals surface area contributed by atoms with E-state index in [2.05, 4.69) is 21.2 Å². The van der Waals surface area contributed by atoms with Crippen molar-refractivity contribution in [1.82, 2.24) is 15.2 Å². The van der Waals surface area contributed by atoms with Gasteiger partial charge in [0.05, 0.1) is 22.2 Å².